The smallest absolute Gasteiger partial charge is 0.254 e. The van der Waals surface area contributed by atoms with Crippen molar-refractivity contribution < 1.29 is 13.6 Å². The fourth-order valence-electron chi connectivity index (χ4n) is 4.06. The van der Waals surface area contributed by atoms with Crippen LogP contribution in [-0.2, 0) is 6.54 Å². The van der Waals surface area contributed by atoms with E-state index in [1.807, 2.05) is 0 Å². The minimum absolute atomic E-state index is 0.0677. The van der Waals surface area contributed by atoms with Crippen molar-refractivity contribution in [3.63, 3.8) is 0 Å². The predicted octanol–water partition coefficient (Wildman–Crippen LogP) is 5.74. The molecule has 0 atom stereocenters. The fourth-order valence-corrected chi connectivity index (χ4v) is 4.57. The van der Waals surface area contributed by atoms with Gasteiger partial charge in [-0.15, -0.1) is 0 Å². The molecule has 5 nitrogen and oxygen atoms in total. The summed E-state index contributed by atoms with van der Waals surface area (Å²) in [5.41, 5.74) is 8.23. The number of hydrogen-bond donors (Lipinski definition) is 2. The Bertz CT molecular complexity index is 1130. The van der Waals surface area contributed by atoms with E-state index in [2.05, 4.69) is 31.2 Å². The number of halogens is 3. The van der Waals surface area contributed by atoms with Crippen LogP contribution < -0.4 is 11.1 Å². The first kappa shape index (κ1) is 22.3. The first-order valence-electron chi connectivity index (χ1n) is 10.6. The normalized spacial score (nSPS) is 14.3. The summed E-state index contributed by atoms with van der Waals surface area (Å²) < 4.78 is 28.9. The maximum absolute atomic E-state index is 14.8. The zero-order valence-corrected chi connectivity index (χ0v) is 19.0. The number of carbonyl (C=O) groups is 1. The van der Waals surface area contributed by atoms with Crippen LogP contribution >= 0.6 is 15.9 Å². The summed E-state index contributed by atoms with van der Waals surface area (Å²) in [4.78, 5) is 21.4. The number of anilines is 1. The van der Waals surface area contributed by atoms with Crippen LogP contribution in [0, 0.1) is 11.6 Å². The molecule has 32 heavy (non-hydrogen) atoms. The Hall–Kier alpha value is -2.87. The van der Waals surface area contributed by atoms with Crippen LogP contribution in [-0.4, -0.2) is 15.9 Å². The van der Waals surface area contributed by atoms with Gasteiger partial charge in [0.05, 0.1) is 17.5 Å². The first-order valence-corrected chi connectivity index (χ1v) is 11.4. The van der Waals surface area contributed by atoms with Crippen molar-refractivity contribution in [3.05, 3.63) is 75.5 Å². The van der Waals surface area contributed by atoms with E-state index in [-0.39, 0.29) is 17.9 Å². The van der Waals surface area contributed by atoms with Crippen molar-refractivity contribution in [1.29, 1.82) is 0 Å². The van der Waals surface area contributed by atoms with Gasteiger partial charge in [0.1, 0.15) is 23.1 Å². The molecule has 0 unspecified atom stereocenters. The van der Waals surface area contributed by atoms with Crippen LogP contribution in [0.2, 0.25) is 0 Å². The van der Waals surface area contributed by atoms with Gasteiger partial charge >= 0.3 is 0 Å². The van der Waals surface area contributed by atoms with Crippen molar-refractivity contribution in [2.75, 3.05) is 5.73 Å². The zero-order valence-electron chi connectivity index (χ0n) is 17.4. The van der Waals surface area contributed by atoms with Crippen LogP contribution in [0.1, 0.15) is 59.6 Å². The quantitative estimate of drug-likeness (QED) is 0.467. The van der Waals surface area contributed by atoms with Crippen molar-refractivity contribution >= 4 is 27.7 Å². The van der Waals surface area contributed by atoms with Crippen LogP contribution in [0.3, 0.4) is 0 Å². The highest BCUT2D eigenvalue weighted by Crippen LogP contribution is 2.33. The molecule has 0 bridgehead atoms. The van der Waals surface area contributed by atoms with E-state index in [9.17, 15) is 13.6 Å². The summed E-state index contributed by atoms with van der Waals surface area (Å²) in [5, 5.41) is 2.61. The molecule has 0 saturated heterocycles. The van der Waals surface area contributed by atoms with Gasteiger partial charge in [-0.3, -0.25) is 4.79 Å². The molecular formula is C24H23BrF2N4O. The Labute approximate surface area is 193 Å². The number of nitrogens with two attached hydrogens (primary N) is 1. The van der Waals surface area contributed by atoms with Gasteiger partial charge in [0.2, 0.25) is 0 Å². The fraction of sp³-hybridized carbons (Fsp3) is 0.292. The van der Waals surface area contributed by atoms with E-state index in [0.29, 0.717) is 27.2 Å². The van der Waals surface area contributed by atoms with Gasteiger partial charge in [-0.25, -0.2) is 18.7 Å². The minimum atomic E-state index is -0.690. The lowest BCUT2D eigenvalue weighted by Gasteiger charge is -2.21. The largest absolute Gasteiger partial charge is 0.382 e. The molecule has 1 fully saturated rings. The number of aromatic nitrogens is 2. The van der Waals surface area contributed by atoms with E-state index in [1.165, 1.54) is 30.7 Å². The van der Waals surface area contributed by atoms with Gasteiger partial charge in [0, 0.05) is 22.5 Å². The van der Waals surface area contributed by atoms with Crippen LogP contribution in [0.25, 0.3) is 11.3 Å². The maximum Gasteiger partial charge on any atom is 0.254 e. The van der Waals surface area contributed by atoms with E-state index in [1.54, 1.807) is 18.3 Å². The summed E-state index contributed by atoms with van der Waals surface area (Å²) >= 11 is 3.21. The molecule has 1 aliphatic carbocycles. The molecule has 1 aliphatic rings. The number of carbonyl (C=O) groups excluding carboxylic acids is 1. The number of benzene rings is 2. The predicted molar refractivity (Wildman–Crippen MR) is 123 cm³/mol. The van der Waals surface area contributed by atoms with E-state index in [0.717, 1.165) is 31.4 Å². The topological polar surface area (TPSA) is 80.9 Å². The number of amides is 1. The Kier molecular flexibility index (Phi) is 6.79. The summed E-state index contributed by atoms with van der Waals surface area (Å²) in [5.74, 6) is -1.14. The van der Waals surface area contributed by atoms with Gasteiger partial charge in [-0.1, -0.05) is 41.3 Å². The van der Waals surface area contributed by atoms with E-state index < -0.39 is 17.5 Å². The monoisotopic (exact) mass is 500 g/mol. The number of hydrogen-bond acceptors (Lipinski definition) is 4. The number of nitrogens with zero attached hydrogens (tertiary/aromatic N) is 2. The molecule has 0 radical (unpaired) electrons. The highest BCUT2D eigenvalue weighted by molar-refractivity contribution is 9.10. The zero-order chi connectivity index (χ0) is 22.7. The number of nitrogens with one attached hydrogen (secondary N) is 1. The maximum atomic E-state index is 14.8. The minimum Gasteiger partial charge on any atom is -0.382 e. The Balaban J connectivity index is 1.52. The molecule has 1 saturated carbocycles. The van der Waals surface area contributed by atoms with Gasteiger partial charge in [0.25, 0.3) is 5.91 Å². The van der Waals surface area contributed by atoms with Crippen LogP contribution in [0.4, 0.5) is 14.6 Å². The molecule has 8 heteroatoms. The third-order valence-corrected chi connectivity index (χ3v) is 6.16. The highest BCUT2D eigenvalue weighted by atomic mass is 79.9. The molecule has 166 valence electrons. The van der Waals surface area contributed by atoms with Gasteiger partial charge in [0.15, 0.2) is 0 Å². The van der Waals surface area contributed by atoms with Crippen molar-refractivity contribution in [3.8, 4) is 11.3 Å². The van der Waals surface area contributed by atoms with Gasteiger partial charge in [-0.2, -0.15) is 0 Å². The second-order valence-corrected chi connectivity index (χ2v) is 8.93. The number of nitrogen functional groups attached to an aromatic ring is 1. The van der Waals surface area contributed by atoms with Crippen LogP contribution in [0.15, 0.2) is 47.1 Å². The summed E-state index contributed by atoms with van der Waals surface area (Å²) in [6, 6.07) is 8.58. The molecule has 1 heterocycles. The summed E-state index contributed by atoms with van der Waals surface area (Å²) in [7, 11) is 0. The second-order valence-electron chi connectivity index (χ2n) is 8.02. The molecule has 1 aromatic heterocycles. The lowest BCUT2D eigenvalue weighted by molar-refractivity contribution is 0.0947. The molecule has 3 N–H and O–H groups in total. The van der Waals surface area contributed by atoms with Crippen LogP contribution in [0.5, 0.6) is 0 Å². The number of rotatable bonds is 5. The van der Waals surface area contributed by atoms with Gasteiger partial charge in [-0.05, 0) is 48.7 Å². The average molecular weight is 501 g/mol. The summed E-state index contributed by atoms with van der Waals surface area (Å²) in [6.07, 6.45) is 7.39. The molecule has 4 rings (SSSR count). The first-order chi connectivity index (χ1) is 15.4. The standard InChI is InChI=1S/C24H23BrF2N4O/c25-17-8-14(9-18(26)11-17)12-30-24(32)19-7-6-16(10-20(19)27)22-23(28)29-13-21(31-22)15-4-2-1-3-5-15/h6-11,13,15H,1-5,12H2,(H2,28,29)(H,30,32). The van der Waals surface area contributed by atoms with Gasteiger partial charge < -0.3 is 11.1 Å². The SMILES string of the molecule is Nc1ncc(C2CCCCC2)nc1-c1ccc(C(=O)NCc2cc(F)cc(Br)c2)c(F)c1. The Morgan fingerprint density at radius 2 is 1.91 bits per heavy atom. The van der Waals surface area contributed by atoms with E-state index >= 15 is 0 Å². The molecule has 1 amide bonds. The molecule has 2 aromatic carbocycles. The molecule has 0 spiro atoms. The van der Waals surface area contributed by atoms with E-state index in [4.69, 9.17) is 5.73 Å². The average Bonchev–Trinajstić information content (AvgIpc) is 2.78. The Morgan fingerprint density at radius 1 is 1.12 bits per heavy atom. The second kappa shape index (κ2) is 9.73. The van der Waals surface area contributed by atoms with Crippen molar-refractivity contribution in [2.45, 2.75) is 44.6 Å². The molecule has 3 aromatic rings. The summed E-state index contributed by atoms with van der Waals surface area (Å²) in [6.45, 7) is 0.0677. The molecular weight excluding hydrogens is 478 g/mol. The molecule has 0 aliphatic heterocycles. The lowest BCUT2D eigenvalue weighted by Crippen LogP contribution is -2.24. The Morgan fingerprint density at radius 3 is 2.62 bits per heavy atom. The third-order valence-electron chi connectivity index (χ3n) is 5.71. The lowest BCUT2D eigenvalue weighted by atomic mass is 9.87. The third kappa shape index (κ3) is 5.12. The van der Waals surface area contributed by atoms with Crippen molar-refractivity contribution in [2.24, 2.45) is 0 Å². The highest BCUT2D eigenvalue weighted by Gasteiger charge is 2.20. The van der Waals surface area contributed by atoms with Crippen molar-refractivity contribution in [1.82, 2.24) is 15.3 Å².